The standard InChI is InChI=1S/C10H18N2/c1-2-4-9-8(3-1)10(9)12-7-5-11-6-7/h7-12H,1-6H2. The van der Waals surface area contributed by atoms with Gasteiger partial charge in [0.05, 0.1) is 0 Å². The van der Waals surface area contributed by atoms with E-state index in [2.05, 4.69) is 10.6 Å². The first-order chi connectivity index (χ1) is 5.95. The lowest BCUT2D eigenvalue weighted by atomic mass is 10.0. The molecule has 12 heavy (non-hydrogen) atoms. The molecule has 2 N–H and O–H groups in total. The van der Waals surface area contributed by atoms with Gasteiger partial charge in [0, 0.05) is 25.2 Å². The molecule has 0 aromatic rings. The molecular formula is C10H18N2. The maximum absolute atomic E-state index is 3.77. The summed E-state index contributed by atoms with van der Waals surface area (Å²) in [5.41, 5.74) is 0. The molecule has 0 amide bonds. The molecule has 1 saturated heterocycles. The van der Waals surface area contributed by atoms with Crippen molar-refractivity contribution >= 4 is 0 Å². The quantitative estimate of drug-likeness (QED) is 0.632. The lowest BCUT2D eigenvalue weighted by Crippen LogP contribution is -2.56. The topological polar surface area (TPSA) is 24.1 Å². The minimum Gasteiger partial charge on any atom is -0.314 e. The van der Waals surface area contributed by atoms with Crippen LogP contribution < -0.4 is 10.6 Å². The van der Waals surface area contributed by atoms with E-state index in [0.717, 1.165) is 23.9 Å². The van der Waals surface area contributed by atoms with Crippen LogP contribution in [0.15, 0.2) is 0 Å². The molecular weight excluding hydrogens is 148 g/mol. The summed E-state index contributed by atoms with van der Waals surface area (Å²) < 4.78 is 0. The van der Waals surface area contributed by atoms with Crippen LogP contribution in [0.4, 0.5) is 0 Å². The van der Waals surface area contributed by atoms with E-state index in [1.165, 1.54) is 38.8 Å². The van der Waals surface area contributed by atoms with Crippen molar-refractivity contribution in [1.29, 1.82) is 0 Å². The minimum atomic E-state index is 0.806. The first-order valence-corrected chi connectivity index (χ1v) is 5.42. The normalized spacial score (nSPS) is 46.5. The Morgan fingerprint density at radius 2 is 1.67 bits per heavy atom. The first kappa shape index (κ1) is 7.34. The van der Waals surface area contributed by atoms with E-state index in [-0.39, 0.29) is 0 Å². The largest absolute Gasteiger partial charge is 0.314 e. The van der Waals surface area contributed by atoms with Gasteiger partial charge in [0.2, 0.25) is 0 Å². The molecule has 0 spiro atoms. The highest BCUT2D eigenvalue weighted by Crippen LogP contribution is 2.49. The molecule has 0 aromatic heterocycles. The van der Waals surface area contributed by atoms with Gasteiger partial charge < -0.3 is 10.6 Å². The van der Waals surface area contributed by atoms with Crippen LogP contribution in [0.25, 0.3) is 0 Å². The van der Waals surface area contributed by atoms with Crippen molar-refractivity contribution in [3.63, 3.8) is 0 Å². The Morgan fingerprint density at radius 3 is 2.17 bits per heavy atom. The maximum Gasteiger partial charge on any atom is 0.0320 e. The number of fused-ring (bicyclic) bond motifs is 1. The minimum absolute atomic E-state index is 0.806. The molecule has 0 bridgehead atoms. The second kappa shape index (κ2) is 2.71. The third kappa shape index (κ3) is 1.09. The zero-order valence-electron chi connectivity index (χ0n) is 7.55. The van der Waals surface area contributed by atoms with Crippen LogP contribution in [0.5, 0.6) is 0 Å². The third-order valence-corrected chi connectivity index (χ3v) is 3.87. The predicted molar refractivity (Wildman–Crippen MR) is 49.0 cm³/mol. The highest BCUT2D eigenvalue weighted by Gasteiger charge is 2.51. The van der Waals surface area contributed by atoms with Gasteiger partial charge in [-0.25, -0.2) is 0 Å². The second-order valence-electron chi connectivity index (χ2n) is 4.66. The van der Waals surface area contributed by atoms with Crippen LogP contribution >= 0.6 is 0 Å². The van der Waals surface area contributed by atoms with E-state index >= 15 is 0 Å². The van der Waals surface area contributed by atoms with Crippen molar-refractivity contribution < 1.29 is 0 Å². The van der Waals surface area contributed by atoms with E-state index < -0.39 is 0 Å². The Morgan fingerprint density at radius 1 is 1.00 bits per heavy atom. The van der Waals surface area contributed by atoms with Gasteiger partial charge in [-0.3, -0.25) is 0 Å². The van der Waals surface area contributed by atoms with Crippen LogP contribution in [0.3, 0.4) is 0 Å². The Balaban J connectivity index is 1.51. The third-order valence-electron chi connectivity index (χ3n) is 3.87. The van der Waals surface area contributed by atoms with Crippen molar-refractivity contribution in [3.8, 4) is 0 Å². The highest BCUT2D eigenvalue weighted by molar-refractivity contribution is 5.06. The van der Waals surface area contributed by atoms with Gasteiger partial charge >= 0.3 is 0 Å². The number of rotatable bonds is 2. The summed E-state index contributed by atoms with van der Waals surface area (Å²) >= 11 is 0. The molecule has 3 aliphatic rings. The fourth-order valence-corrected chi connectivity index (χ4v) is 2.92. The average Bonchev–Trinajstić information content (AvgIpc) is 2.71. The number of hydrogen-bond donors (Lipinski definition) is 2. The van der Waals surface area contributed by atoms with E-state index in [4.69, 9.17) is 0 Å². The van der Waals surface area contributed by atoms with Crippen molar-refractivity contribution in [1.82, 2.24) is 10.6 Å². The Kier molecular flexibility index (Phi) is 1.66. The Labute approximate surface area is 74.1 Å². The van der Waals surface area contributed by atoms with Gasteiger partial charge in [0.15, 0.2) is 0 Å². The van der Waals surface area contributed by atoms with Gasteiger partial charge in [-0.1, -0.05) is 12.8 Å². The zero-order chi connectivity index (χ0) is 7.97. The Hall–Kier alpha value is -0.0800. The van der Waals surface area contributed by atoms with Crippen molar-refractivity contribution in [2.45, 2.75) is 37.8 Å². The lowest BCUT2D eigenvalue weighted by molar-refractivity contribution is 0.354. The van der Waals surface area contributed by atoms with Gasteiger partial charge in [0.25, 0.3) is 0 Å². The van der Waals surface area contributed by atoms with Gasteiger partial charge in [-0.05, 0) is 24.7 Å². The van der Waals surface area contributed by atoms with Crippen molar-refractivity contribution in [3.05, 3.63) is 0 Å². The summed E-state index contributed by atoms with van der Waals surface area (Å²) in [5, 5.41) is 7.08. The molecule has 1 heterocycles. The zero-order valence-corrected chi connectivity index (χ0v) is 7.55. The summed E-state index contributed by atoms with van der Waals surface area (Å²) in [7, 11) is 0. The van der Waals surface area contributed by atoms with Gasteiger partial charge in [-0.15, -0.1) is 0 Å². The molecule has 2 saturated carbocycles. The van der Waals surface area contributed by atoms with Crippen LogP contribution in [0.1, 0.15) is 25.7 Å². The summed E-state index contributed by atoms with van der Waals surface area (Å²) in [6, 6.07) is 1.72. The SMILES string of the molecule is C1CCC2C(C1)C2NC1CNC1. The van der Waals surface area contributed by atoms with E-state index in [9.17, 15) is 0 Å². The fourth-order valence-electron chi connectivity index (χ4n) is 2.92. The molecule has 1 aliphatic heterocycles. The number of hydrogen-bond acceptors (Lipinski definition) is 2. The van der Waals surface area contributed by atoms with Crippen molar-refractivity contribution in [2.24, 2.45) is 11.8 Å². The van der Waals surface area contributed by atoms with E-state index in [1.54, 1.807) is 0 Å². The molecule has 0 radical (unpaired) electrons. The molecule has 3 rings (SSSR count). The van der Waals surface area contributed by atoms with E-state index in [0.29, 0.717) is 0 Å². The highest BCUT2D eigenvalue weighted by atomic mass is 15.1. The second-order valence-corrected chi connectivity index (χ2v) is 4.66. The van der Waals surface area contributed by atoms with Crippen molar-refractivity contribution in [2.75, 3.05) is 13.1 Å². The average molecular weight is 166 g/mol. The molecule has 2 aliphatic carbocycles. The van der Waals surface area contributed by atoms with Crippen LogP contribution in [0.2, 0.25) is 0 Å². The molecule has 0 aromatic carbocycles. The first-order valence-electron chi connectivity index (χ1n) is 5.42. The summed E-state index contributed by atoms with van der Waals surface area (Å²) in [5.74, 6) is 2.14. The smallest absolute Gasteiger partial charge is 0.0320 e. The molecule has 2 atom stereocenters. The van der Waals surface area contributed by atoms with Crippen LogP contribution in [-0.4, -0.2) is 25.2 Å². The molecule has 2 unspecified atom stereocenters. The van der Waals surface area contributed by atoms with Gasteiger partial charge in [0.1, 0.15) is 0 Å². The maximum atomic E-state index is 3.77. The van der Waals surface area contributed by atoms with E-state index in [1.807, 2.05) is 0 Å². The summed E-state index contributed by atoms with van der Waals surface area (Å²) in [4.78, 5) is 0. The molecule has 68 valence electrons. The number of nitrogens with one attached hydrogen (secondary N) is 2. The summed E-state index contributed by atoms with van der Waals surface area (Å²) in [6.45, 7) is 2.41. The summed E-state index contributed by atoms with van der Waals surface area (Å²) in [6.07, 6.45) is 5.98. The predicted octanol–water partition coefficient (Wildman–Crippen LogP) is 0.736. The monoisotopic (exact) mass is 166 g/mol. The molecule has 3 fully saturated rings. The molecule has 2 heteroatoms. The van der Waals surface area contributed by atoms with Crippen LogP contribution in [-0.2, 0) is 0 Å². The van der Waals surface area contributed by atoms with Crippen LogP contribution in [0, 0.1) is 11.8 Å². The fraction of sp³-hybridized carbons (Fsp3) is 1.00. The lowest BCUT2D eigenvalue weighted by Gasteiger charge is -2.28. The molecule has 2 nitrogen and oxygen atoms in total. The Bertz CT molecular complexity index is 165. The van der Waals surface area contributed by atoms with Gasteiger partial charge in [-0.2, -0.15) is 0 Å².